The van der Waals surface area contributed by atoms with Gasteiger partial charge in [0.15, 0.2) is 11.6 Å². The summed E-state index contributed by atoms with van der Waals surface area (Å²) in [5, 5.41) is 33.2. The minimum atomic E-state index is -0.282. The molecule has 9 heteroatoms. The Bertz CT molecular complexity index is 1100. The lowest BCUT2D eigenvalue weighted by molar-refractivity contribution is -0.921. The molecule has 1 aliphatic carbocycles. The number of fused-ring (bicyclic) bond motifs is 2. The van der Waals surface area contributed by atoms with Crippen LogP contribution in [0.3, 0.4) is 0 Å². The summed E-state index contributed by atoms with van der Waals surface area (Å²) in [4.78, 5) is 31.4. The highest BCUT2D eigenvalue weighted by Gasteiger charge is 2.34. The molecule has 3 rings (SSSR count). The van der Waals surface area contributed by atoms with Crippen molar-refractivity contribution in [3.8, 4) is 0 Å². The topological polar surface area (TPSA) is 117 Å². The van der Waals surface area contributed by atoms with Gasteiger partial charge < -0.3 is 30.3 Å². The summed E-state index contributed by atoms with van der Waals surface area (Å²) >= 11 is 0. The van der Waals surface area contributed by atoms with Crippen LogP contribution in [-0.4, -0.2) is 76.2 Å². The number of quaternary nitrogens is 2. The maximum atomic E-state index is 13.7. The lowest BCUT2D eigenvalue weighted by atomic mass is 9.83. The Morgan fingerprint density at radius 2 is 1.07 bits per heavy atom. The summed E-state index contributed by atoms with van der Waals surface area (Å²) in [6.07, 6.45) is 4.21. The number of carbonyl (C=O) groups is 2. The zero-order valence-corrected chi connectivity index (χ0v) is 25.4. The molecule has 0 atom stereocenters. The third kappa shape index (κ3) is 6.22. The number of nitrogens with zero attached hydrogens (tertiary/aromatic N) is 3. The minimum Gasteiger partial charge on any atom is -0.632 e. The van der Waals surface area contributed by atoms with Crippen LogP contribution in [0, 0.1) is 10.4 Å². The molecule has 0 fully saturated rings. The Labute approximate surface area is 239 Å². The van der Waals surface area contributed by atoms with E-state index in [1.54, 1.807) is 6.07 Å². The molecule has 0 spiro atoms. The summed E-state index contributed by atoms with van der Waals surface area (Å²) in [5.74, 6) is -0.483. The molecule has 0 bridgehead atoms. The first-order valence-electron chi connectivity index (χ1n) is 14.6. The number of nitrogens with one attached hydrogen (secondary N) is 2. The van der Waals surface area contributed by atoms with Crippen LogP contribution in [0.5, 0.6) is 0 Å². The number of ketones is 2. The van der Waals surface area contributed by atoms with Crippen molar-refractivity contribution in [1.82, 2.24) is 4.98 Å². The number of pyridine rings is 1. The smallest absolute Gasteiger partial charge is 0.198 e. The maximum absolute atomic E-state index is 13.7. The third-order valence-corrected chi connectivity index (χ3v) is 8.47. The average Bonchev–Trinajstić information content (AvgIpc) is 2.91. The predicted octanol–water partition coefficient (Wildman–Crippen LogP) is 5.72. The van der Waals surface area contributed by atoms with Crippen molar-refractivity contribution < 1.29 is 18.9 Å². The first-order valence-corrected chi connectivity index (χ1v) is 14.6. The fourth-order valence-corrected chi connectivity index (χ4v) is 5.74. The van der Waals surface area contributed by atoms with E-state index in [1.165, 1.54) is 12.4 Å². The third-order valence-electron chi connectivity index (χ3n) is 8.47. The maximum Gasteiger partial charge on any atom is 0.198 e. The second kappa shape index (κ2) is 12.8. The zero-order valence-electron chi connectivity index (χ0n) is 25.4. The number of hydrogen-bond acceptors (Lipinski definition) is 7. The number of benzene rings is 1. The van der Waals surface area contributed by atoms with Crippen molar-refractivity contribution in [3.05, 3.63) is 63.3 Å². The van der Waals surface area contributed by atoms with Crippen LogP contribution >= 0.6 is 0 Å². The van der Waals surface area contributed by atoms with Gasteiger partial charge in [-0.15, -0.1) is 0 Å². The molecule has 1 aliphatic rings. The molecule has 2 N–H and O–H groups in total. The molecule has 0 aliphatic heterocycles. The molecule has 1 heterocycles. The number of hydroxylamine groups is 6. The van der Waals surface area contributed by atoms with E-state index >= 15 is 0 Å². The van der Waals surface area contributed by atoms with Crippen molar-refractivity contribution in [1.29, 1.82) is 0 Å². The van der Waals surface area contributed by atoms with Gasteiger partial charge in [0.05, 0.1) is 53.9 Å². The van der Waals surface area contributed by atoms with Crippen LogP contribution in [0.2, 0.25) is 0 Å². The molecule has 220 valence electrons. The lowest BCUT2D eigenvalue weighted by Gasteiger charge is -2.50. The van der Waals surface area contributed by atoms with E-state index in [0.29, 0.717) is 67.1 Å². The van der Waals surface area contributed by atoms with Crippen molar-refractivity contribution >= 4 is 22.9 Å². The summed E-state index contributed by atoms with van der Waals surface area (Å²) in [6, 6.07) is 5.03. The van der Waals surface area contributed by atoms with E-state index in [-0.39, 0.29) is 50.6 Å². The molecule has 1 aromatic heterocycles. The van der Waals surface area contributed by atoms with Crippen LogP contribution in [0.4, 0.5) is 11.4 Å². The van der Waals surface area contributed by atoms with Gasteiger partial charge in [0, 0.05) is 55.3 Å². The van der Waals surface area contributed by atoms with Crippen molar-refractivity contribution in [3.63, 3.8) is 0 Å². The van der Waals surface area contributed by atoms with E-state index in [9.17, 15) is 20.0 Å². The normalized spacial score (nSPS) is 13.8. The van der Waals surface area contributed by atoms with Gasteiger partial charge in [-0.2, -0.15) is 0 Å². The zero-order chi connectivity index (χ0) is 29.8. The second-order valence-corrected chi connectivity index (χ2v) is 12.1. The molecule has 1 aromatic carbocycles. The fraction of sp³-hybridized carbons (Fsp3) is 0.581. The van der Waals surface area contributed by atoms with Gasteiger partial charge in [-0.3, -0.25) is 14.6 Å². The molecule has 0 amide bonds. The Morgan fingerprint density at radius 3 is 1.48 bits per heavy atom. The van der Waals surface area contributed by atoms with Gasteiger partial charge in [-0.05, 0) is 73.6 Å². The molecule has 0 saturated heterocycles. The van der Waals surface area contributed by atoms with Crippen molar-refractivity contribution in [2.45, 2.75) is 92.4 Å². The van der Waals surface area contributed by atoms with E-state index in [0.717, 1.165) is 0 Å². The van der Waals surface area contributed by atoms with Crippen LogP contribution in [0.15, 0.2) is 30.6 Å². The molecule has 0 radical (unpaired) electrons. The molecule has 0 saturated carbocycles. The summed E-state index contributed by atoms with van der Waals surface area (Å²) in [7, 11) is 0. The fourth-order valence-electron chi connectivity index (χ4n) is 5.74. The molecular formula is C31H47N5O4. The Morgan fingerprint density at radius 1 is 0.675 bits per heavy atom. The van der Waals surface area contributed by atoms with Crippen molar-refractivity contribution in [2.75, 3.05) is 36.8 Å². The molecule has 0 unspecified atom stereocenters. The highest BCUT2D eigenvalue weighted by atomic mass is 16.6. The van der Waals surface area contributed by atoms with E-state index in [2.05, 4.69) is 15.6 Å². The molecule has 40 heavy (non-hydrogen) atoms. The van der Waals surface area contributed by atoms with Gasteiger partial charge >= 0.3 is 0 Å². The van der Waals surface area contributed by atoms with Crippen molar-refractivity contribution in [2.24, 2.45) is 0 Å². The Hall–Kier alpha value is -2.85. The van der Waals surface area contributed by atoms with Gasteiger partial charge in [-0.1, -0.05) is 0 Å². The number of hydrogen-bond donors (Lipinski definition) is 2. The Balaban J connectivity index is 1.84. The number of rotatable bonds is 14. The highest BCUT2D eigenvalue weighted by Crippen LogP contribution is 2.36. The number of anilines is 2. The van der Waals surface area contributed by atoms with Crippen LogP contribution in [0.1, 0.15) is 100 Å². The van der Waals surface area contributed by atoms with E-state index in [4.69, 9.17) is 0 Å². The first kappa shape index (κ1) is 31.7. The van der Waals surface area contributed by atoms with Crippen LogP contribution in [-0.2, 0) is 0 Å². The first-order chi connectivity index (χ1) is 18.8. The summed E-state index contributed by atoms with van der Waals surface area (Å²) in [6.45, 7) is 17.5. The van der Waals surface area contributed by atoms with Gasteiger partial charge in [0.1, 0.15) is 0 Å². The Kier molecular flexibility index (Phi) is 10.1. The molecule has 2 aromatic rings. The van der Waals surface area contributed by atoms with Gasteiger partial charge in [-0.25, -0.2) is 0 Å². The number of aromatic nitrogens is 1. The van der Waals surface area contributed by atoms with E-state index < -0.39 is 0 Å². The summed E-state index contributed by atoms with van der Waals surface area (Å²) < 4.78 is -0.562. The highest BCUT2D eigenvalue weighted by molar-refractivity contribution is 6.31. The SMILES string of the molecule is CC(C)[N+]([O-])(CCCNc1ccc(NCCC[N+]([O-])(C(C)C)C(C)C)c2c1C(=O)c1ccncc1C2=O)C(C)C. The quantitative estimate of drug-likeness (QED) is 0.149. The standard InChI is InChI=1S/C31H47N5O4/c1-20(2)35(39,21(3)4)17-9-14-33-26-11-12-27(34-15-10-18-36(40,22(5)6)23(7)8)29-28(26)30(37)24-13-16-32-19-25(24)31(29)38/h11-13,16,19-23,33-34H,9-10,14-15,17-18H2,1-8H3. The average molecular weight is 554 g/mol. The minimum absolute atomic E-state index is 0.0472. The summed E-state index contributed by atoms with van der Waals surface area (Å²) in [5.41, 5.74) is 2.44. The second-order valence-electron chi connectivity index (χ2n) is 12.1. The molecular weight excluding hydrogens is 506 g/mol. The predicted molar refractivity (Wildman–Crippen MR) is 161 cm³/mol. The molecule has 9 nitrogen and oxygen atoms in total. The lowest BCUT2D eigenvalue weighted by Crippen LogP contribution is -2.53. The van der Waals surface area contributed by atoms with Gasteiger partial charge in [0.2, 0.25) is 0 Å². The van der Waals surface area contributed by atoms with E-state index in [1.807, 2.05) is 67.5 Å². The van der Waals surface area contributed by atoms with Crippen LogP contribution < -0.4 is 10.6 Å². The monoisotopic (exact) mass is 553 g/mol. The number of carbonyl (C=O) groups excluding carboxylic acids is 2. The van der Waals surface area contributed by atoms with Crippen LogP contribution in [0.25, 0.3) is 0 Å². The van der Waals surface area contributed by atoms with Gasteiger partial charge in [0.25, 0.3) is 0 Å². The largest absolute Gasteiger partial charge is 0.632 e.